The van der Waals surface area contributed by atoms with E-state index in [-0.39, 0.29) is 12.1 Å². The van der Waals surface area contributed by atoms with Crippen molar-refractivity contribution in [3.63, 3.8) is 0 Å². The van der Waals surface area contributed by atoms with E-state index >= 15 is 0 Å². The molecule has 2 atom stereocenters. The highest BCUT2D eigenvalue weighted by atomic mass is 79.9. The first-order valence-corrected chi connectivity index (χ1v) is 5.63. The molecule has 0 radical (unpaired) electrons. The molecule has 1 aliphatic heterocycles. The van der Waals surface area contributed by atoms with Crippen LogP contribution in [0.3, 0.4) is 0 Å². The zero-order chi connectivity index (χ0) is 11.4. The fraction of sp³-hybridized carbons (Fsp3) is 0.400. The van der Waals surface area contributed by atoms with Gasteiger partial charge in [-0.1, -0.05) is 21.0 Å². The van der Waals surface area contributed by atoms with Crippen molar-refractivity contribution in [2.24, 2.45) is 5.11 Å². The Labute approximate surface area is 101 Å². The van der Waals surface area contributed by atoms with Gasteiger partial charge in [0.1, 0.15) is 11.9 Å². The molecule has 2 rings (SSSR count). The summed E-state index contributed by atoms with van der Waals surface area (Å²) in [6.45, 7) is 0.880. The molecule has 6 heteroatoms. The molecule has 1 aliphatic rings. The van der Waals surface area contributed by atoms with Crippen LogP contribution in [-0.2, 0) is 4.74 Å². The van der Waals surface area contributed by atoms with Crippen LogP contribution in [-0.4, -0.2) is 25.4 Å². The SMILES string of the molecule is [N-]=[N+]=N[C@@H]1COC[C@H]1Oc1ccc(Br)cc1. The Bertz CT molecular complexity index is 403. The standard InChI is InChI=1S/C10H10BrN3O2/c11-7-1-3-8(4-2-7)16-10-6-15-5-9(10)13-14-12/h1-4,9-10H,5-6H2/t9-,10-/m1/s1. The molecule has 1 heterocycles. The number of azide groups is 1. The van der Waals surface area contributed by atoms with Crippen LogP contribution < -0.4 is 4.74 Å². The Balaban J connectivity index is 2.03. The van der Waals surface area contributed by atoms with Gasteiger partial charge in [-0.25, -0.2) is 0 Å². The zero-order valence-corrected chi connectivity index (χ0v) is 10.0. The number of hydrogen-bond acceptors (Lipinski definition) is 3. The molecular formula is C10H10BrN3O2. The summed E-state index contributed by atoms with van der Waals surface area (Å²) in [6.07, 6.45) is -0.197. The first-order chi connectivity index (χ1) is 7.79. The van der Waals surface area contributed by atoms with Gasteiger partial charge in [0.05, 0.1) is 19.3 Å². The van der Waals surface area contributed by atoms with Crippen molar-refractivity contribution in [3.05, 3.63) is 39.2 Å². The number of ether oxygens (including phenoxy) is 2. The molecule has 0 aliphatic carbocycles. The molecular weight excluding hydrogens is 274 g/mol. The number of hydrogen-bond donors (Lipinski definition) is 0. The van der Waals surface area contributed by atoms with Crippen LogP contribution in [0.2, 0.25) is 0 Å². The van der Waals surface area contributed by atoms with E-state index in [1.807, 2.05) is 24.3 Å². The minimum Gasteiger partial charge on any atom is -0.488 e. The van der Waals surface area contributed by atoms with Gasteiger partial charge in [0.25, 0.3) is 0 Å². The van der Waals surface area contributed by atoms with Crippen molar-refractivity contribution in [1.82, 2.24) is 0 Å². The number of rotatable bonds is 3. The summed E-state index contributed by atoms with van der Waals surface area (Å²) >= 11 is 3.35. The highest BCUT2D eigenvalue weighted by molar-refractivity contribution is 9.10. The number of nitrogens with zero attached hydrogens (tertiary/aromatic N) is 3. The average Bonchev–Trinajstić information content (AvgIpc) is 2.70. The van der Waals surface area contributed by atoms with Crippen molar-refractivity contribution in [3.8, 4) is 5.75 Å². The molecule has 1 aromatic carbocycles. The van der Waals surface area contributed by atoms with Gasteiger partial charge in [0.15, 0.2) is 0 Å². The van der Waals surface area contributed by atoms with Gasteiger partial charge in [-0.05, 0) is 29.8 Å². The van der Waals surface area contributed by atoms with Crippen molar-refractivity contribution in [2.45, 2.75) is 12.1 Å². The van der Waals surface area contributed by atoms with E-state index in [1.165, 1.54) is 0 Å². The molecule has 0 bridgehead atoms. The summed E-state index contributed by atoms with van der Waals surface area (Å²) in [5.41, 5.74) is 8.39. The quantitative estimate of drug-likeness (QED) is 0.486. The second-order valence-corrected chi connectivity index (χ2v) is 4.34. The van der Waals surface area contributed by atoms with Gasteiger partial charge in [-0.15, -0.1) is 0 Å². The summed E-state index contributed by atoms with van der Waals surface area (Å²) in [5, 5.41) is 3.64. The molecule has 1 saturated heterocycles. The lowest BCUT2D eigenvalue weighted by Gasteiger charge is -2.15. The van der Waals surface area contributed by atoms with Crippen LogP contribution in [0.25, 0.3) is 10.4 Å². The maximum absolute atomic E-state index is 8.39. The third-order valence-corrected chi connectivity index (χ3v) is 2.83. The summed E-state index contributed by atoms with van der Waals surface area (Å²) < 4.78 is 11.9. The summed E-state index contributed by atoms with van der Waals surface area (Å²) in [7, 11) is 0. The van der Waals surface area contributed by atoms with Gasteiger partial charge < -0.3 is 9.47 Å². The first-order valence-electron chi connectivity index (χ1n) is 4.84. The van der Waals surface area contributed by atoms with Crippen LogP contribution in [0.4, 0.5) is 0 Å². The van der Waals surface area contributed by atoms with E-state index in [2.05, 4.69) is 26.0 Å². The monoisotopic (exact) mass is 283 g/mol. The van der Waals surface area contributed by atoms with E-state index in [0.717, 1.165) is 10.2 Å². The number of benzene rings is 1. The topological polar surface area (TPSA) is 67.2 Å². The van der Waals surface area contributed by atoms with Crippen molar-refractivity contribution in [1.29, 1.82) is 0 Å². The highest BCUT2D eigenvalue weighted by Gasteiger charge is 2.29. The van der Waals surface area contributed by atoms with Gasteiger partial charge in [-0.2, -0.15) is 0 Å². The molecule has 0 amide bonds. The van der Waals surface area contributed by atoms with E-state index in [0.29, 0.717) is 13.2 Å². The fourth-order valence-corrected chi connectivity index (χ4v) is 1.76. The summed E-state index contributed by atoms with van der Waals surface area (Å²) in [6, 6.07) is 7.26. The minimum atomic E-state index is -0.242. The molecule has 0 spiro atoms. The summed E-state index contributed by atoms with van der Waals surface area (Å²) in [5.74, 6) is 0.747. The van der Waals surface area contributed by atoms with Crippen LogP contribution >= 0.6 is 15.9 Å². The molecule has 0 aromatic heterocycles. The average molecular weight is 284 g/mol. The lowest BCUT2D eigenvalue weighted by Crippen LogP contribution is -2.28. The lowest BCUT2D eigenvalue weighted by atomic mass is 10.2. The third kappa shape index (κ3) is 2.66. The fourth-order valence-electron chi connectivity index (χ4n) is 1.50. The molecule has 84 valence electrons. The largest absolute Gasteiger partial charge is 0.488 e. The van der Waals surface area contributed by atoms with Gasteiger partial charge in [-0.3, -0.25) is 0 Å². The molecule has 1 fully saturated rings. The Hall–Kier alpha value is -1.23. The molecule has 0 unspecified atom stereocenters. The van der Waals surface area contributed by atoms with E-state index in [4.69, 9.17) is 15.0 Å². The molecule has 5 nitrogen and oxygen atoms in total. The van der Waals surface area contributed by atoms with Gasteiger partial charge >= 0.3 is 0 Å². The molecule has 16 heavy (non-hydrogen) atoms. The van der Waals surface area contributed by atoms with Gasteiger partial charge in [0.2, 0.25) is 0 Å². The summed E-state index contributed by atoms with van der Waals surface area (Å²) in [4.78, 5) is 2.78. The maximum atomic E-state index is 8.39. The maximum Gasteiger partial charge on any atom is 0.133 e. The Morgan fingerprint density at radius 1 is 1.38 bits per heavy atom. The van der Waals surface area contributed by atoms with Crippen molar-refractivity contribution >= 4 is 15.9 Å². The predicted molar refractivity (Wildman–Crippen MR) is 62.3 cm³/mol. The smallest absolute Gasteiger partial charge is 0.133 e. The Kier molecular flexibility index (Phi) is 3.66. The van der Waals surface area contributed by atoms with Gasteiger partial charge in [0, 0.05) is 9.38 Å². The third-order valence-electron chi connectivity index (χ3n) is 2.30. The second kappa shape index (κ2) is 5.21. The van der Waals surface area contributed by atoms with Crippen LogP contribution in [0.15, 0.2) is 33.9 Å². The van der Waals surface area contributed by atoms with E-state index in [1.54, 1.807) is 0 Å². The second-order valence-electron chi connectivity index (χ2n) is 3.42. The molecule has 0 N–H and O–H groups in total. The Morgan fingerprint density at radius 2 is 2.12 bits per heavy atom. The Morgan fingerprint density at radius 3 is 2.81 bits per heavy atom. The highest BCUT2D eigenvalue weighted by Crippen LogP contribution is 2.21. The van der Waals surface area contributed by atoms with Crippen LogP contribution in [0.1, 0.15) is 0 Å². The number of halogens is 1. The van der Waals surface area contributed by atoms with Crippen LogP contribution in [0, 0.1) is 0 Å². The predicted octanol–water partition coefficient (Wildman–Crippen LogP) is 2.91. The van der Waals surface area contributed by atoms with E-state index in [9.17, 15) is 0 Å². The minimum absolute atomic E-state index is 0.197. The van der Waals surface area contributed by atoms with Crippen molar-refractivity contribution in [2.75, 3.05) is 13.2 Å². The molecule has 1 aromatic rings. The lowest BCUT2D eigenvalue weighted by molar-refractivity contribution is 0.140. The van der Waals surface area contributed by atoms with Crippen molar-refractivity contribution < 1.29 is 9.47 Å². The normalized spacial score (nSPS) is 23.8. The zero-order valence-electron chi connectivity index (χ0n) is 8.41. The van der Waals surface area contributed by atoms with Crippen LogP contribution in [0.5, 0.6) is 5.75 Å². The molecule has 0 saturated carbocycles. The van der Waals surface area contributed by atoms with E-state index < -0.39 is 0 Å². The first kappa shape index (κ1) is 11.3.